The highest BCUT2D eigenvalue weighted by molar-refractivity contribution is 5.29. The summed E-state index contributed by atoms with van der Waals surface area (Å²) in [6.45, 7) is 3.03. The minimum atomic E-state index is 0.707. The molecule has 0 amide bonds. The Morgan fingerprint density at radius 2 is 1.40 bits per heavy atom. The predicted octanol–water partition coefficient (Wildman–Crippen LogP) is 8.99. The third-order valence-electron chi connectivity index (χ3n) is 7.75. The zero-order chi connectivity index (χ0) is 21.0. The Kier molecular flexibility index (Phi) is 10.3. The largest absolute Gasteiger partial charge is 0.494 e. The Hall–Kier alpha value is -1.31. The maximum absolute atomic E-state index is 12.1. The molecule has 1 aromatic carbocycles. The fraction of sp³-hybridized carbons (Fsp3) is 0.714. The number of ether oxygens (including phenoxy) is 1. The van der Waals surface area contributed by atoms with Crippen LogP contribution >= 0.6 is 0 Å². The van der Waals surface area contributed by atoms with Gasteiger partial charge in [-0.2, -0.15) is 0 Å². The van der Waals surface area contributed by atoms with Crippen LogP contribution in [0.4, 0.5) is 4.39 Å². The molecule has 0 atom stereocenters. The molecular weight excluding hydrogens is 371 g/mol. The van der Waals surface area contributed by atoms with Crippen LogP contribution in [0.5, 0.6) is 5.75 Å². The highest BCUT2D eigenvalue weighted by Gasteiger charge is 2.25. The van der Waals surface area contributed by atoms with Crippen molar-refractivity contribution < 1.29 is 9.13 Å². The molecule has 0 heterocycles. The average molecular weight is 415 g/mol. The topological polar surface area (TPSA) is 9.23 Å². The Morgan fingerprint density at radius 1 is 0.833 bits per heavy atom. The number of rotatable bonds is 11. The van der Waals surface area contributed by atoms with Crippen LogP contribution in [0.2, 0.25) is 0 Å². The fourth-order valence-electron chi connectivity index (χ4n) is 5.63. The number of unbranched alkanes of at least 4 members (excludes halogenated alkanes) is 1. The van der Waals surface area contributed by atoms with Gasteiger partial charge in [0.05, 0.1) is 12.9 Å². The van der Waals surface area contributed by atoms with E-state index in [0.717, 1.165) is 48.9 Å². The molecule has 2 fully saturated rings. The van der Waals surface area contributed by atoms with Gasteiger partial charge in [-0.05, 0) is 86.3 Å². The van der Waals surface area contributed by atoms with Gasteiger partial charge in [0.15, 0.2) is 0 Å². The maximum atomic E-state index is 12.1. The molecule has 0 saturated heterocycles. The Morgan fingerprint density at radius 3 is 1.97 bits per heavy atom. The first-order valence-corrected chi connectivity index (χ1v) is 12.8. The molecule has 168 valence electrons. The van der Waals surface area contributed by atoms with E-state index in [1.54, 1.807) is 6.08 Å². The van der Waals surface area contributed by atoms with E-state index in [4.69, 9.17) is 4.74 Å². The standard InChI is InChI=1S/C28H43FO/c1-2-3-22-30-28-19-17-27(18-20-28)26-15-13-25(14-16-26)12-11-24-9-7-23(8-10-24)6-4-5-21-29/h5,17-21,23-26H,2-4,6-16,22H2,1H3. The first-order valence-electron chi connectivity index (χ1n) is 12.8. The van der Waals surface area contributed by atoms with Crippen LogP contribution in [0.25, 0.3) is 0 Å². The maximum Gasteiger partial charge on any atom is 0.119 e. The minimum Gasteiger partial charge on any atom is -0.494 e. The van der Waals surface area contributed by atoms with Crippen LogP contribution in [0.3, 0.4) is 0 Å². The second-order valence-electron chi connectivity index (χ2n) is 9.89. The molecule has 1 nitrogen and oxygen atoms in total. The van der Waals surface area contributed by atoms with Crippen molar-refractivity contribution in [2.24, 2.45) is 17.8 Å². The van der Waals surface area contributed by atoms with E-state index in [-0.39, 0.29) is 0 Å². The van der Waals surface area contributed by atoms with Gasteiger partial charge in [0, 0.05) is 0 Å². The van der Waals surface area contributed by atoms with Crippen LogP contribution in [0.1, 0.15) is 108 Å². The molecule has 2 saturated carbocycles. The lowest BCUT2D eigenvalue weighted by Gasteiger charge is -2.32. The number of halogens is 1. The molecule has 1 aromatic rings. The highest BCUT2D eigenvalue weighted by atomic mass is 19.1. The predicted molar refractivity (Wildman–Crippen MR) is 126 cm³/mol. The van der Waals surface area contributed by atoms with Crippen molar-refractivity contribution in [1.29, 1.82) is 0 Å². The zero-order valence-electron chi connectivity index (χ0n) is 19.2. The van der Waals surface area contributed by atoms with Crippen molar-refractivity contribution in [3.05, 3.63) is 42.2 Å². The van der Waals surface area contributed by atoms with Crippen molar-refractivity contribution in [2.75, 3.05) is 6.61 Å². The number of hydrogen-bond acceptors (Lipinski definition) is 1. The van der Waals surface area contributed by atoms with Crippen molar-refractivity contribution in [1.82, 2.24) is 0 Å². The molecule has 0 unspecified atom stereocenters. The lowest BCUT2D eigenvalue weighted by Crippen LogP contribution is -2.17. The Balaban J connectivity index is 1.30. The first-order chi connectivity index (χ1) is 14.8. The van der Waals surface area contributed by atoms with Crippen molar-refractivity contribution in [3.63, 3.8) is 0 Å². The SMILES string of the molecule is CCCCOc1ccc(C2CCC(CCC3CCC(CCC=CF)CC3)CC2)cc1. The van der Waals surface area contributed by atoms with Crippen LogP contribution in [-0.4, -0.2) is 6.61 Å². The molecule has 0 spiro atoms. The summed E-state index contributed by atoms with van der Waals surface area (Å²) in [5.74, 6) is 4.52. The van der Waals surface area contributed by atoms with E-state index in [1.807, 2.05) is 0 Å². The summed E-state index contributed by atoms with van der Waals surface area (Å²) in [5.41, 5.74) is 1.51. The van der Waals surface area contributed by atoms with Crippen LogP contribution < -0.4 is 4.74 Å². The number of hydrogen-bond donors (Lipinski definition) is 0. The van der Waals surface area contributed by atoms with Gasteiger partial charge >= 0.3 is 0 Å². The second-order valence-corrected chi connectivity index (χ2v) is 9.89. The van der Waals surface area contributed by atoms with Gasteiger partial charge in [-0.3, -0.25) is 0 Å². The van der Waals surface area contributed by atoms with E-state index in [0.29, 0.717) is 6.33 Å². The Labute approximate surface area is 184 Å². The molecule has 0 N–H and O–H groups in total. The van der Waals surface area contributed by atoms with Crippen LogP contribution in [-0.2, 0) is 0 Å². The van der Waals surface area contributed by atoms with Gasteiger partial charge in [0.1, 0.15) is 5.75 Å². The molecule has 0 aliphatic heterocycles. The third kappa shape index (κ3) is 7.75. The average Bonchev–Trinajstić information content (AvgIpc) is 2.80. The van der Waals surface area contributed by atoms with Gasteiger partial charge in [0.2, 0.25) is 0 Å². The molecule has 0 radical (unpaired) electrons. The van der Waals surface area contributed by atoms with E-state index in [1.165, 1.54) is 82.6 Å². The van der Waals surface area contributed by atoms with Crippen molar-refractivity contribution >= 4 is 0 Å². The van der Waals surface area contributed by atoms with Crippen molar-refractivity contribution in [2.45, 2.75) is 103 Å². The molecule has 0 bridgehead atoms. The molecule has 2 aliphatic rings. The van der Waals surface area contributed by atoms with Gasteiger partial charge in [0.25, 0.3) is 0 Å². The summed E-state index contributed by atoms with van der Waals surface area (Å²) in [6.07, 6.45) is 20.8. The summed E-state index contributed by atoms with van der Waals surface area (Å²) in [6, 6.07) is 8.94. The normalized spacial score (nSPS) is 27.4. The van der Waals surface area contributed by atoms with E-state index >= 15 is 0 Å². The van der Waals surface area contributed by atoms with Gasteiger partial charge in [-0.1, -0.05) is 70.1 Å². The quantitative estimate of drug-likeness (QED) is 0.328. The van der Waals surface area contributed by atoms with Crippen LogP contribution in [0, 0.1) is 17.8 Å². The monoisotopic (exact) mass is 414 g/mol. The number of benzene rings is 1. The summed E-state index contributed by atoms with van der Waals surface area (Å²) in [4.78, 5) is 0. The lowest BCUT2D eigenvalue weighted by atomic mass is 9.74. The smallest absolute Gasteiger partial charge is 0.119 e. The van der Waals surface area contributed by atoms with Gasteiger partial charge < -0.3 is 4.74 Å². The molecule has 0 aromatic heterocycles. The van der Waals surface area contributed by atoms with E-state index in [9.17, 15) is 4.39 Å². The Bertz CT molecular complexity index is 592. The summed E-state index contributed by atoms with van der Waals surface area (Å²) >= 11 is 0. The zero-order valence-corrected chi connectivity index (χ0v) is 19.2. The molecule has 2 heteroatoms. The van der Waals surface area contributed by atoms with Gasteiger partial charge in [-0.25, -0.2) is 4.39 Å². The summed E-state index contributed by atoms with van der Waals surface area (Å²) in [5, 5.41) is 0. The van der Waals surface area contributed by atoms with E-state index in [2.05, 4.69) is 31.2 Å². The second kappa shape index (κ2) is 13.2. The molecule has 2 aliphatic carbocycles. The summed E-state index contributed by atoms with van der Waals surface area (Å²) < 4.78 is 17.9. The summed E-state index contributed by atoms with van der Waals surface area (Å²) in [7, 11) is 0. The first kappa shape index (κ1) is 23.4. The molecular formula is C28H43FO. The van der Waals surface area contributed by atoms with Crippen LogP contribution in [0.15, 0.2) is 36.7 Å². The lowest BCUT2D eigenvalue weighted by molar-refractivity contribution is 0.225. The van der Waals surface area contributed by atoms with Crippen molar-refractivity contribution in [3.8, 4) is 5.75 Å². The fourth-order valence-corrected chi connectivity index (χ4v) is 5.63. The van der Waals surface area contributed by atoms with Gasteiger partial charge in [-0.15, -0.1) is 0 Å². The molecule has 3 rings (SSSR count). The number of allylic oxidation sites excluding steroid dienone is 1. The molecule has 30 heavy (non-hydrogen) atoms. The highest BCUT2D eigenvalue weighted by Crippen LogP contribution is 2.40. The third-order valence-corrected chi connectivity index (χ3v) is 7.75. The van der Waals surface area contributed by atoms with E-state index < -0.39 is 0 Å². The minimum absolute atomic E-state index is 0.707.